The molecule has 2 aromatic heterocycles. The van der Waals surface area contributed by atoms with Gasteiger partial charge in [0, 0.05) is 22.4 Å². The van der Waals surface area contributed by atoms with Gasteiger partial charge >= 0.3 is 5.97 Å². The number of benzene rings is 2. The number of carbonyl (C=O) groups excluding carboxylic acids is 2. The number of rotatable bonds is 6. The van der Waals surface area contributed by atoms with Gasteiger partial charge in [-0.15, -0.1) is 22.7 Å². The van der Waals surface area contributed by atoms with E-state index in [0.29, 0.717) is 32.2 Å². The molecule has 0 saturated heterocycles. The minimum Gasteiger partial charge on any atom is -0.495 e. The number of ether oxygens (including phenoxy) is 2. The van der Waals surface area contributed by atoms with E-state index in [2.05, 4.69) is 4.98 Å². The van der Waals surface area contributed by atoms with Crippen LogP contribution in [0.4, 0.5) is 10.8 Å². The van der Waals surface area contributed by atoms with Crippen molar-refractivity contribution in [2.24, 2.45) is 0 Å². The summed E-state index contributed by atoms with van der Waals surface area (Å²) < 4.78 is 11.7. The Hall–Kier alpha value is -2.94. The summed E-state index contributed by atoms with van der Waals surface area (Å²) >= 11 is 8.92. The van der Waals surface area contributed by atoms with Crippen molar-refractivity contribution in [3.8, 4) is 5.75 Å². The zero-order valence-electron chi connectivity index (χ0n) is 16.6. The number of fused-ring (bicyclic) bond motifs is 1. The monoisotopic (exact) mass is 472 g/mol. The normalized spacial score (nSPS) is 10.8. The van der Waals surface area contributed by atoms with Gasteiger partial charge in [0.05, 0.1) is 23.5 Å². The van der Waals surface area contributed by atoms with E-state index < -0.39 is 5.97 Å². The molecule has 0 spiro atoms. The van der Waals surface area contributed by atoms with Crippen LogP contribution in [0.2, 0.25) is 5.02 Å². The first kappa shape index (κ1) is 21.3. The highest BCUT2D eigenvalue weighted by atomic mass is 35.5. The van der Waals surface area contributed by atoms with Gasteiger partial charge in [-0.1, -0.05) is 41.9 Å². The van der Waals surface area contributed by atoms with Gasteiger partial charge in [-0.25, -0.2) is 9.78 Å². The number of hydrogen-bond acceptors (Lipinski definition) is 7. The molecule has 0 atom stereocenters. The standard InChI is InChI=1S/C22H17ClN2O4S2/c1-13(26)25(16-8-4-5-9-17(16)28-2)22-24-14(12-30-22)11-29-21(27)20-19(23)15-7-3-6-10-18(15)31-20/h3-10,12H,11H2,1-2H3. The van der Waals surface area contributed by atoms with Gasteiger partial charge in [0.15, 0.2) is 5.13 Å². The molecule has 0 bridgehead atoms. The molecule has 6 nitrogen and oxygen atoms in total. The zero-order chi connectivity index (χ0) is 22.0. The van der Waals surface area contributed by atoms with E-state index in [4.69, 9.17) is 21.1 Å². The second-order valence-electron chi connectivity index (χ2n) is 6.47. The van der Waals surface area contributed by atoms with Crippen molar-refractivity contribution in [1.29, 1.82) is 0 Å². The molecule has 31 heavy (non-hydrogen) atoms. The molecule has 0 aliphatic heterocycles. The molecule has 0 unspecified atom stereocenters. The van der Waals surface area contributed by atoms with Gasteiger partial charge in [-0.2, -0.15) is 0 Å². The number of aromatic nitrogens is 1. The molecule has 0 N–H and O–H groups in total. The number of carbonyl (C=O) groups is 2. The Morgan fingerprint density at radius 1 is 1.13 bits per heavy atom. The van der Waals surface area contributed by atoms with Crippen LogP contribution < -0.4 is 9.64 Å². The lowest BCUT2D eigenvalue weighted by molar-refractivity contribution is -0.115. The topological polar surface area (TPSA) is 68.7 Å². The van der Waals surface area contributed by atoms with Crippen LogP contribution >= 0.6 is 34.3 Å². The summed E-state index contributed by atoms with van der Waals surface area (Å²) in [7, 11) is 1.54. The number of thiophene rings is 1. The summed E-state index contributed by atoms with van der Waals surface area (Å²) in [5.41, 5.74) is 1.12. The molecule has 1 amide bonds. The maximum absolute atomic E-state index is 12.6. The van der Waals surface area contributed by atoms with E-state index in [9.17, 15) is 9.59 Å². The number of anilines is 2. The molecule has 0 radical (unpaired) electrons. The van der Waals surface area contributed by atoms with E-state index in [0.717, 1.165) is 10.1 Å². The summed E-state index contributed by atoms with van der Waals surface area (Å²) in [6.45, 7) is 1.43. The summed E-state index contributed by atoms with van der Waals surface area (Å²) in [4.78, 5) is 31.2. The van der Waals surface area contributed by atoms with Crippen molar-refractivity contribution < 1.29 is 19.1 Å². The third-order valence-corrected chi connectivity index (χ3v) is 6.97. The predicted molar refractivity (Wildman–Crippen MR) is 124 cm³/mol. The van der Waals surface area contributed by atoms with E-state index in [1.54, 1.807) is 24.6 Å². The van der Waals surface area contributed by atoms with Crippen LogP contribution in [0.1, 0.15) is 22.3 Å². The minimum atomic E-state index is -0.506. The number of amides is 1. The Morgan fingerprint density at radius 2 is 1.87 bits per heavy atom. The van der Waals surface area contributed by atoms with Crippen molar-refractivity contribution in [3.63, 3.8) is 0 Å². The van der Waals surface area contributed by atoms with E-state index in [1.807, 2.05) is 36.4 Å². The summed E-state index contributed by atoms with van der Waals surface area (Å²) in [6.07, 6.45) is 0. The summed E-state index contributed by atoms with van der Waals surface area (Å²) in [5, 5.41) is 3.43. The first-order chi connectivity index (χ1) is 15.0. The van der Waals surface area contributed by atoms with Gasteiger partial charge in [-0.3, -0.25) is 9.69 Å². The first-order valence-corrected chi connectivity index (χ1v) is 11.3. The molecule has 0 saturated carbocycles. The van der Waals surface area contributed by atoms with Gasteiger partial charge in [0.2, 0.25) is 5.91 Å². The number of para-hydroxylation sites is 2. The third kappa shape index (κ3) is 4.27. The Balaban J connectivity index is 1.52. The fourth-order valence-corrected chi connectivity index (χ4v) is 5.30. The Morgan fingerprint density at radius 3 is 2.61 bits per heavy atom. The maximum Gasteiger partial charge on any atom is 0.350 e. The third-order valence-electron chi connectivity index (χ3n) is 4.44. The highest BCUT2D eigenvalue weighted by molar-refractivity contribution is 7.21. The molecular formula is C22H17ClN2O4S2. The van der Waals surface area contributed by atoms with Crippen LogP contribution in [0, 0.1) is 0 Å². The smallest absolute Gasteiger partial charge is 0.350 e. The maximum atomic E-state index is 12.6. The number of esters is 1. The quantitative estimate of drug-likeness (QED) is 0.319. The zero-order valence-corrected chi connectivity index (χ0v) is 19.0. The molecule has 158 valence electrons. The Labute approximate surface area is 191 Å². The molecular weight excluding hydrogens is 456 g/mol. The van der Waals surface area contributed by atoms with Gasteiger partial charge < -0.3 is 9.47 Å². The average molecular weight is 473 g/mol. The second-order valence-corrected chi connectivity index (χ2v) is 8.73. The number of thiazole rings is 1. The van der Waals surface area contributed by atoms with Gasteiger partial charge in [0.25, 0.3) is 0 Å². The van der Waals surface area contributed by atoms with Gasteiger partial charge in [0.1, 0.15) is 17.2 Å². The van der Waals surface area contributed by atoms with Gasteiger partial charge in [-0.05, 0) is 18.2 Å². The summed E-state index contributed by atoms with van der Waals surface area (Å²) in [6, 6.07) is 14.7. The average Bonchev–Trinajstić information content (AvgIpc) is 3.37. The highest BCUT2D eigenvalue weighted by Gasteiger charge is 2.22. The fourth-order valence-electron chi connectivity index (χ4n) is 3.04. The van der Waals surface area contributed by atoms with Crippen LogP contribution in [0.15, 0.2) is 53.9 Å². The van der Waals surface area contributed by atoms with Crippen molar-refractivity contribution >= 4 is 67.1 Å². The lowest BCUT2D eigenvalue weighted by atomic mass is 10.2. The summed E-state index contributed by atoms with van der Waals surface area (Å²) in [5.74, 6) is -0.159. The molecule has 2 heterocycles. The molecule has 0 aliphatic rings. The number of methoxy groups -OCH3 is 1. The molecule has 2 aromatic carbocycles. The van der Waals surface area contributed by atoms with Crippen LogP contribution in [0.3, 0.4) is 0 Å². The van der Waals surface area contributed by atoms with Crippen molar-refractivity contribution in [1.82, 2.24) is 4.98 Å². The second kappa shape index (κ2) is 9.05. The van der Waals surface area contributed by atoms with Crippen molar-refractivity contribution in [3.05, 3.63) is 69.5 Å². The predicted octanol–water partition coefficient (Wildman–Crippen LogP) is 6.06. The van der Waals surface area contributed by atoms with Crippen LogP contribution in [-0.2, 0) is 16.1 Å². The van der Waals surface area contributed by atoms with Crippen molar-refractivity contribution in [2.45, 2.75) is 13.5 Å². The minimum absolute atomic E-state index is 0.0302. The van der Waals surface area contributed by atoms with E-state index in [-0.39, 0.29) is 12.5 Å². The first-order valence-electron chi connectivity index (χ1n) is 9.22. The number of halogens is 1. The SMILES string of the molecule is COc1ccccc1N(C(C)=O)c1nc(COC(=O)c2sc3ccccc3c2Cl)cs1. The lowest BCUT2D eigenvalue weighted by Crippen LogP contribution is -2.23. The molecule has 0 aliphatic carbocycles. The van der Waals surface area contributed by atoms with Crippen LogP contribution in [0.25, 0.3) is 10.1 Å². The molecule has 0 fully saturated rings. The van der Waals surface area contributed by atoms with Crippen LogP contribution in [-0.4, -0.2) is 24.0 Å². The number of nitrogens with zero attached hydrogens (tertiary/aromatic N) is 2. The van der Waals surface area contributed by atoms with Crippen molar-refractivity contribution in [2.75, 3.05) is 12.0 Å². The fraction of sp³-hybridized carbons (Fsp3) is 0.136. The van der Waals surface area contributed by atoms with Crippen LogP contribution in [0.5, 0.6) is 5.75 Å². The molecule has 4 rings (SSSR count). The largest absolute Gasteiger partial charge is 0.495 e. The van der Waals surface area contributed by atoms with E-state index in [1.165, 1.54) is 34.5 Å². The molecule has 9 heteroatoms. The lowest BCUT2D eigenvalue weighted by Gasteiger charge is -2.20. The Kier molecular flexibility index (Phi) is 6.22. The highest BCUT2D eigenvalue weighted by Crippen LogP contribution is 2.37. The molecule has 4 aromatic rings. The Bertz CT molecular complexity index is 1270. The number of hydrogen-bond donors (Lipinski definition) is 0. The van der Waals surface area contributed by atoms with E-state index >= 15 is 0 Å².